The largest absolute Gasteiger partial charge is 0.349 e. The average Bonchev–Trinajstić information content (AvgIpc) is 2.40. The molecule has 116 valence electrons. The van der Waals surface area contributed by atoms with Crippen LogP contribution >= 0.6 is 12.4 Å². The summed E-state index contributed by atoms with van der Waals surface area (Å²) in [7, 11) is 0. The number of hydrogen-bond donors (Lipinski definition) is 2. The van der Waals surface area contributed by atoms with E-state index in [9.17, 15) is 14.9 Å². The van der Waals surface area contributed by atoms with Gasteiger partial charge in [0.25, 0.3) is 11.6 Å². The zero-order valence-electron chi connectivity index (χ0n) is 11.9. The average molecular weight is 314 g/mol. The Balaban J connectivity index is 0.00000220. The number of carbonyl (C=O) groups excluding carboxylic acids is 1. The summed E-state index contributed by atoms with van der Waals surface area (Å²) in [5.74, 6) is -0.177. The van der Waals surface area contributed by atoms with Gasteiger partial charge in [-0.3, -0.25) is 14.9 Å². The van der Waals surface area contributed by atoms with Crippen LogP contribution in [0.2, 0.25) is 0 Å². The van der Waals surface area contributed by atoms with Gasteiger partial charge in [0.1, 0.15) is 0 Å². The highest BCUT2D eigenvalue weighted by molar-refractivity contribution is 5.94. The van der Waals surface area contributed by atoms with Gasteiger partial charge in [-0.15, -0.1) is 12.4 Å². The van der Waals surface area contributed by atoms with Crippen molar-refractivity contribution in [3.8, 4) is 0 Å². The fourth-order valence-corrected chi connectivity index (χ4v) is 2.53. The van der Waals surface area contributed by atoms with Crippen molar-refractivity contribution in [2.45, 2.75) is 44.7 Å². The molecule has 6 nitrogen and oxygen atoms in total. The summed E-state index contributed by atoms with van der Waals surface area (Å²) in [6, 6.07) is 4.82. The SMILES string of the molecule is Cc1cc(C(=O)NC2CCC(N)CC2)ccc1[N+](=O)[O-].Cl. The molecule has 1 aromatic rings. The summed E-state index contributed by atoms with van der Waals surface area (Å²) in [6.07, 6.45) is 3.62. The van der Waals surface area contributed by atoms with Gasteiger partial charge in [-0.25, -0.2) is 0 Å². The molecule has 0 bridgehead atoms. The molecule has 1 saturated carbocycles. The van der Waals surface area contributed by atoms with Crippen molar-refractivity contribution in [1.29, 1.82) is 0 Å². The van der Waals surface area contributed by atoms with E-state index in [1.54, 1.807) is 13.0 Å². The number of nitro groups is 1. The van der Waals surface area contributed by atoms with E-state index in [0.717, 1.165) is 25.7 Å². The van der Waals surface area contributed by atoms with E-state index in [1.165, 1.54) is 12.1 Å². The third-order valence-corrected chi connectivity index (χ3v) is 3.76. The zero-order valence-corrected chi connectivity index (χ0v) is 12.7. The summed E-state index contributed by atoms with van der Waals surface area (Å²) >= 11 is 0. The van der Waals surface area contributed by atoms with Crippen LogP contribution < -0.4 is 11.1 Å². The highest BCUT2D eigenvalue weighted by atomic mass is 35.5. The molecule has 1 aliphatic carbocycles. The van der Waals surface area contributed by atoms with Crippen LogP contribution in [0.3, 0.4) is 0 Å². The van der Waals surface area contributed by atoms with E-state index in [1.807, 2.05) is 0 Å². The van der Waals surface area contributed by atoms with Gasteiger partial charge in [0.2, 0.25) is 0 Å². The summed E-state index contributed by atoms with van der Waals surface area (Å²) in [5.41, 5.74) is 6.81. The van der Waals surface area contributed by atoms with Gasteiger partial charge in [-0.2, -0.15) is 0 Å². The lowest BCUT2D eigenvalue weighted by Crippen LogP contribution is -2.40. The first-order valence-electron chi connectivity index (χ1n) is 6.79. The molecule has 0 spiro atoms. The van der Waals surface area contributed by atoms with E-state index in [-0.39, 0.29) is 36.1 Å². The van der Waals surface area contributed by atoms with Gasteiger partial charge in [0.15, 0.2) is 0 Å². The van der Waals surface area contributed by atoms with Gasteiger partial charge in [-0.1, -0.05) is 0 Å². The van der Waals surface area contributed by atoms with Crippen LogP contribution in [0.15, 0.2) is 18.2 Å². The monoisotopic (exact) mass is 313 g/mol. The molecule has 2 rings (SSSR count). The lowest BCUT2D eigenvalue weighted by atomic mass is 9.91. The van der Waals surface area contributed by atoms with E-state index in [2.05, 4.69) is 5.32 Å². The van der Waals surface area contributed by atoms with Crippen molar-refractivity contribution in [1.82, 2.24) is 5.32 Å². The van der Waals surface area contributed by atoms with Crippen molar-refractivity contribution in [2.75, 3.05) is 0 Å². The number of hydrogen-bond acceptors (Lipinski definition) is 4. The molecule has 21 heavy (non-hydrogen) atoms. The normalized spacial score (nSPS) is 21.2. The number of halogens is 1. The van der Waals surface area contributed by atoms with E-state index < -0.39 is 4.92 Å². The maximum atomic E-state index is 12.1. The third-order valence-electron chi connectivity index (χ3n) is 3.76. The minimum Gasteiger partial charge on any atom is -0.349 e. The first-order valence-corrected chi connectivity index (χ1v) is 6.79. The topological polar surface area (TPSA) is 98.3 Å². The van der Waals surface area contributed by atoms with Gasteiger partial charge < -0.3 is 11.1 Å². The second kappa shape index (κ2) is 7.38. The van der Waals surface area contributed by atoms with Crippen LogP contribution in [0, 0.1) is 17.0 Å². The molecule has 0 aromatic heterocycles. The van der Waals surface area contributed by atoms with Crippen molar-refractivity contribution in [3.05, 3.63) is 39.4 Å². The zero-order chi connectivity index (χ0) is 14.7. The second-order valence-electron chi connectivity index (χ2n) is 5.34. The number of aryl methyl sites for hydroxylation is 1. The van der Waals surface area contributed by atoms with Gasteiger partial charge in [-0.05, 0) is 44.7 Å². The predicted octanol–water partition coefficient (Wildman–Crippen LogP) is 2.32. The molecular weight excluding hydrogens is 294 g/mol. The summed E-state index contributed by atoms with van der Waals surface area (Å²) < 4.78 is 0. The fourth-order valence-electron chi connectivity index (χ4n) is 2.53. The molecule has 1 amide bonds. The quantitative estimate of drug-likeness (QED) is 0.661. The molecular formula is C14H20ClN3O3. The number of benzene rings is 1. The van der Waals surface area contributed by atoms with Crippen LogP contribution in [-0.2, 0) is 0 Å². The molecule has 3 N–H and O–H groups in total. The number of nitro benzene ring substituents is 1. The first kappa shape index (κ1) is 17.4. The van der Waals surface area contributed by atoms with Gasteiger partial charge >= 0.3 is 0 Å². The molecule has 0 radical (unpaired) electrons. The number of amides is 1. The lowest BCUT2D eigenvalue weighted by Gasteiger charge is -2.26. The standard InChI is InChI=1S/C14H19N3O3.ClH/c1-9-8-10(2-7-13(9)17(19)20)14(18)16-12-5-3-11(15)4-6-12;/h2,7-8,11-12H,3-6,15H2,1H3,(H,16,18);1H. The molecule has 0 heterocycles. The van der Waals surface area contributed by atoms with Gasteiger partial charge in [0.05, 0.1) is 4.92 Å². The van der Waals surface area contributed by atoms with Crippen molar-refractivity contribution < 1.29 is 9.72 Å². The van der Waals surface area contributed by atoms with Crippen LogP contribution in [0.1, 0.15) is 41.6 Å². The van der Waals surface area contributed by atoms with Crippen LogP contribution in [0.5, 0.6) is 0 Å². The molecule has 0 atom stereocenters. The highest BCUT2D eigenvalue weighted by Gasteiger charge is 2.21. The van der Waals surface area contributed by atoms with Crippen LogP contribution in [0.4, 0.5) is 5.69 Å². The highest BCUT2D eigenvalue weighted by Crippen LogP contribution is 2.20. The molecule has 7 heteroatoms. The summed E-state index contributed by atoms with van der Waals surface area (Å²) in [5, 5.41) is 13.7. The van der Waals surface area contributed by atoms with Crippen LogP contribution in [-0.4, -0.2) is 22.9 Å². The first-order chi connectivity index (χ1) is 9.47. The number of carbonyl (C=O) groups is 1. The summed E-state index contributed by atoms with van der Waals surface area (Å²) in [6.45, 7) is 1.63. The van der Waals surface area contributed by atoms with Crippen molar-refractivity contribution in [2.24, 2.45) is 5.73 Å². The Labute approximate surface area is 129 Å². The fraction of sp³-hybridized carbons (Fsp3) is 0.500. The Morgan fingerprint density at radius 2 is 1.95 bits per heavy atom. The van der Waals surface area contributed by atoms with E-state index in [0.29, 0.717) is 11.1 Å². The Morgan fingerprint density at radius 3 is 2.48 bits per heavy atom. The Hall–Kier alpha value is -1.66. The molecule has 1 aromatic carbocycles. The van der Waals surface area contributed by atoms with Crippen LogP contribution in [0.25, 0.3) is 0 Å². The minimum atomic E-state index is -0.445. The smallest absolute Gasteiger partial charge is 0.272 e. The van der Waals surface area contributed by atoms with Crippen molar-refractivity contribution >= 4 is 24.0 Å². The number of nitrogens with two attached hydrogens (primary N) is 1. The lowest BCUT2D eigenvalue weighted by molar-refractivity contribution is -0.385. The number of rotatable bonds is 3. The molecule has 0 aliphatic heterocycles. The third kappa shape index (κ3) is 4.41. The molecule has 0 saturated heterocycles. The Bertz CT molecular complexity index is 528. The minimum absolute atomic E-state index is 0. The van der Waals surface area contributed by atoms with Crippen molar-refractivity contribution in [3.63, 3.8) is 0 Å². The Kier molecular flexibility index (Phi) is 6.11. The van der Waals surface area contributed by atoms with E-state index >= 15 is 0 Å². The maximum Gasteiger partial charge on any atom is 0.272 e. The Morgan fingerprint density at radius 1 is 1.33 bits per heavy atom. The number of nitrogens with zero attached hydrogens (tertiary/aromatic N) is 1. The van der Waals surface area contributed by atoms with Gasteiger partial charge in [0, 0.05) is 29.3 Å². The number of nitrogens with one attached hydrogen (secondary N) is 1. The molecule has 1 fully saturated rings. The predicted molar refractivity (Wildman–Crippen MR) is 82.8 cm³/mol. The molecule has 0 unspecified atom stereocenters. The maximum absolute atomic E-state index is 12.1. The molecule has 1 aliphatic rings. The summed E-state index contributed by atoms with van der Waals surface area (Å²) in [4.78, 5) is 22.4. The second-order valence-corrected chi connectivity index (χ2v) is 5.34. The van der Waals surface area contributed by atoms with E-state index in [4.69, 9.17) is 5.73 Å².